The number of hydrogen-bond acceptors (Lipinski definition) is 3. The first-order valence-corrected chi connectivity index (χ1v) is 10.2. The molecule has 1 atom stereocenters. The largest absolute Gasteiger partial charge is 0.385 e. The molecule has 1 unspecified atom stereocenters. The number of nitrogens with one attached hydrogen (secondary N) is 1. The van der Waals surface area contributed by atoms with Crippen molar-refractivity contribution in [2.45, 2.75) is 31.1 Å². The lowest BCUT2D eigenvalue weighted by Crippen LogP contribution is -2.40. The van der Waals surface area contributed by atoms with Crippen LogP contribution in [0, 0.1) is 11.3 Å². The number of ether oxygens (including phenoxy) is 1. The molecule has 2 fully saturated rings. The van der Waals surface area contributed by atoms with Crippen molar-refractivity contribution in [2.24, 2.45) is 5.92 Å². The molecular formula is C23H25ClN2O2. The first-order chi connectivity index (χ1) is 13.6. The third-order valence-electron chi connectivity index (χ3n) is 5.94. The van der Waals surface area contributed by atoms with E-state index in [1.54, 1.807) is 12.0 Å². The predicted octanol–water partition coefficient (Wildman–Crippen LogP) is 4.90. The molecule has 1 aliphatic heterocycles. The van der Waals surface area contributed by atoms with E-state index in [-0.39, 0.29) is 5.91 Å². The quantitative estimate of drug-likeness (QED) is 0.676. The molecule has 1 heterocycles. The highest BCUT2D eigenvalue weighted by atomic mass is 35.5. The number of carbonyl (C=O) groups is 1. The number of rotatable bonds is 7. The Morgan fingerprint density at radius 1 is 1.18 bits per heavy atom. The molecule has 1 aliphatic carbocycles. The van der Waals surface area contributed by atoms with Crippen LogP contribution in [0.4, 0.5) is 0 Å². The molecule has 1 saturated carbocycles. The number of hydrogen-bond donors (Lipinski definition) is 1. The van der Waals surface area contributed by atoms with Gasteiger partial charge in [-0.25, -0.2) is 0 Å². The molecule has 0 aromatic heterocycles. The van der Waals surface area contributed by atoms with Gasteiger partial charge in [-0.15, -0.1) is 0 Å². The lowest BCUT2D eigenvalue weighted by atomic mass is 9.74. The first kappa shape index (κ1) is 19.2. The highest BCUT2D eigenvalue weighted by molar-refractivity contribution is 6.30. The molecule has 1 saturated heterocycles. The molecule has 2 aliphatic rings. The average molecular weight is 397 g/mol. The Hall–Kier alpha value is -2.17. The van der Waals surface area contributed by atoms with Gasteiger partial charge in [-0.1, -0.05) is 48.0 Å². The van der Waals surface area contributed by atoms with Crippen molar-refractivity contribution in [3.63, 3.8) is 0 Å². The number of halogens is 1. The van der Waals surface area contributed by atoms with Crippen molar-refractivity contribution in [1.82, 2.24) is 4.90 Å². The van der Waals surface area contributed by atoms with Gasteiger partial charge >= 0.3 is 0 Å². The highest BCUT2D eigenvalue weighted by Gasteiger charge is 2.58. The van der Waals surface area contributed by atoms with Gasteiger partial charge in [-0.3, -0.25) is 15.1 Å². The van der Waals surface area contributed by atoms with Crippen molar-refractivity contribution < 1.29 is 9.53 Å². The van der Waals surface area contributed by atoms with Gasteiger partial charge in [0.15, 0.2) is 0 Å². The van der Waals surface area contributed by atoms with Gasteiger partial charge in [0, 0.05) is 31.7 Å². The molecule has 2 aromatic carbocycles. The molecule has 0 bridgehead atoms. The zero-order chi connectivity index (χ0) is 19.7. The fraction of sp³-hybridized carbons (Fsp3) is 0.391. The minimum absolute atomic E-state index is 0.0827. The Bertz CT molecular complexity index is 909. The van der Waals surface area contributed by atoms with Crippen LogP contribution < -0.4 is 0 Å². The van der Waals surface area contributed by atoms with Crippen LogP contribution in [0.25, 0.3) is 11.1 Å². The number of amides is 1. The molecule has 0 radical (unpaired) electrons. The Kier molecular flexibility index (Phi) is 5.26. The molecule has 2 aromatic rings. The summed E-state index contributed by atoms with van der Waals surface area (Å²) in [4.78, 5) is 15.2. The van der Waals surface area contributed by atoms with Crippen molar-refractivity contribution in [3.8, 4) is 11.1 Å². The van der Waals surface area contributed by atoms with E-state index in [0.717, 1.165) is 36.0 Å². The van der Waals surface area contributed by atoms with Crippen LogP contribution in [0.15, 0.2) is 48.5 Å². The molecule has 5 heteroatoms. The number of methoxy groups -OCH3 is 1. The van der Waals surface area contributed by atoms with E-state index < -0.39 is 5.41 Å². The second kappa shape index (κ2) is 7.69. The maximum absolute atomic E-state index is 13.5. The van der Waals surface area contributed by atoms with E-state index in [1.807, 2.05) is 30.3 Å². The van der Waals surface area contributed by atoms with Gasteiger partial charge in [0.05, 0.1) is 5.41 Å². The summed E-state index contributed by atoms with van der Waals surface area (Å²) >= 11 is 6.17. The lowest BCUT2D eigenvalue weighted by Gasteiger charge is -2.28. The van der Waals surface area contributed by atoms with Crippen LogP contribution in [-0.2, 0) is 14.9 Å². The van der Waals surface area contributed by atoms with Gasteiger partial charge in [0.2, 0.25) is 5.91 Å². The number of carbonyl (C=O) groups excluding carboxylic acids is 1. The fourth-order valence-corrected chi connectivity index (χ4v) is 4.59. The van der Waals surface area contributed by atoms with E-state index >= 15 is 0 Å². The fourth-order valence-electron chi connectivity index (χ4n) is 4.40. The van der Waals surface area contributed by atoms with Crippen LogP contribution in [0.3, 0.4) is 0 Å². The summed E-state index contributed by atoms with van der Waals surface area (Å²) in [5.41, 5.74) is 2.52. The van der Waals surface area contributed by atoms with E-state index in [1.165, 1.54) is 0 Å². The van der Waals surface area contributed by atoms with E-state index in [9.17, 15) is 4.79 Å². The molecule has 4 nitrogen and oxygen atoms in total. The third-order valence-corrected chi connectivity index (χ3v) is 6.17. The molecule has 1 N–H and O–H groups in total. The average Bonchev–Trinajstić information content (AvgIpc) is 3.51. The SMILES string of the molecule is COCCCN1C(=N)CC(c2cccc(-c3cccc(Cl)c3)c2)(C2CC2)C1=O. The molecular weight excluding hydrogens is 372 g/mol. The Balaban J connectivity index is 1.70. The summed E-state index contributed by atoms with van der Waals surface area (Å²) in [7, 11) is 1.66. The van der Waals surface area contributed by atoms with E-state index in [0.29, 0.717) is 36.3 Å². The topological polar surface area (TPSA) is 53.4 Å². The van der Waals surface area contributed by atoms with Crippen molar-refractivity contribution in [2.75, 3.05) is 20.3 Å². The van der Waals surface area contributed by atoms with E-state index in [2.05, 4.69) is 18.2 Å². The second-order valence-electron chi connectivity index (χ2n) is 7.76. The number of amidine groups is 1. The summed E-state index contributed by atoms with van der Waals surface area (Å²) in [6.45, 7) is 1.14. The molecule has 1 amide bonds. The third kappa shape index (κ3) is 3.36. The summed E-state index contributed by atoms with van der Waals surface area (Å²) < 4.78 is 5.12. The predicted molar refractivity (Wildman–Crippen MR) is 112 cm³/mol. The minimum atomic E-state index is -0.598. The molecule has 28 heavy (non-hydrogen) atoms. The first-order valence-electron chi connectivity index (χ1n) is 9.81. The van der Waals surface area contributed by atoms with Gasteiger partial charge in [-0.2, -0.15) is 0 Å². The van der Waals surface area contributed by atoms with Crippen LogP contribution >= 0.6 is 11.6 Å². The summed E-state index contributed by atoms with van der Waals surface area (Å²) in [5.74, 6) is 0.836. The standard InChI is InChI=1S/C23H25ClN2O2/c1-28-12-4-11-26-21(25)15-23(22(26)27,18-9-10-18)19-7-2-5-16(13-19)17-6-3-8-20(24)14-17/h2-3,5-8,13-14,18,25H,4,9-12,15H2,1H3. The van der Waals surface area contributed by atoms with Gasteiger partial charge in [-0.05, 0) is 54.0 Å². The molecule has 146 valence electrons. The van der Waals surface area contributed by atoms with Crippen LogP contribution in [-0.4, -0.2) is 36.9 Å². The summed E-state index contributed by atoms with van der Waals surface area (Å²) in [5, 5.41) is 9.19. The van der Waals surface area contributed by atoms with Crippen LogP contribution in [0.2, 0.25) is 5.02 Å². The Morgan fingerprint density at radius 3 is 2.57 bits per heavy atom. The zero-order valence-electron chi connectivity index (χ0n) is 16.1. The monoisotopic (exact) mass is 396 g/mol. The molecule has 0 spiro atoms. The maximum Gasteiger partial charge on any atom is 0.239 e. The van der Waals surface area contributed by atoms with Crippen molar-refractivity contribution in [1.29, 1.82) is 5.41 Å². The Labute approximate surface area is 171 Å². The van der Waals surface area contributed by atoms with Gasteiger partial charge in [0.25, 0.3) is 0 Å². The van der Waals surface area contributed by atoms with Crippen LogP contribution in [0.5, 0.6) is 0 Å². The van der Waals surface area contributed by atoms with Crippen molar-refractivity contribution in [3.05, 3.63) is 59.1 Å². The summed E-state index contributed by atoms with van der Waals surface area (Å²) in [6.07, 6.45) is 3.33. The van der Waals surface area contributed by atoms with Gasteiger partial charge < -0.3 is 4.74 Å². The smallest absolute Gasteiger partial charge is 0.239 e. The molecule has 4 rings (SSSR count). The number of benzene rings is 2. The zero-order valence-corrected chi connectivity index (χ0v) is 16.8. The number of nitrogens with zero attached hydrogens (tertiary/aromatic N) is 1. The lowest BCUT2D eigenvalue weighted by molar-refractivity contribution is -0.131. The number of likely N-dealkylation sites (tertiary alicyclic amines) is 1. The second-order valence-corrected chi connectivity index (χ2v) is 8.20. The Morgan fingerprint density at radius 2 is 1.89 bits per heavy atom. The maximum atomic E-state index is 13.5. The van der Waals surface area contributed by atoms with Gasteiger partial charge in [0.1, 0.15) is 5.84 Å². The highest BCUT2D eigenvalue weighted by Crippen LogP contribution is 2.54. The van der Waals surface area contributed by atoms with Crippen LogP contribution in [0.1, 0.15) is 31.2 Å². The van der Waals surface area contributed by atoms with E-state index in [4.69, 9.17) is 21.7 Å². The normalized spacial score (nSPS) is 22.1. The summed E-state index contributed by atoms with van der Waals surface area (Å²) in [6, 6.07) is 16.0. The minimum Gasteiger partial charge on any atom is -0.385 e. The van der Waals surface area contributed by atoms with Crippen molar-refractivity contribution >= 4 is 23.3 Å².